The van der Waals surface area contributed by atoms with Gasteiger partial charge in [-0.25, -0.2) is 0 Å². The number of benzene rings is 1. The minimum absolute atomic E-state index is 0.276. The first-order chi connectivity index (χ1) is 10.6. The summed E-state index contributed by atoms with van der Waals surface area (Å²) in [5.41, 5.74) is -0.869. The van der Waals surface area contributed by atoms with Crippen molar-refractivity contribution in [2.24, 2.45) is 10.8 Å². The van der Waals surface area contributed by atoms with Crippen molar-refractivity contribution < 1.29 is 19.4 Å². The van der Waals surface area contributed by atoms with Gasteiger partial charge in [0.2, 0.25) is 0 Å². The van der Waals surface area contributed by atoms with Crippen LogP contribution in [0.1, 0.15) is 52.2 Å². The lowest BCUT2D eigenvalue weighted by molar-refractivity contribution is -0.165. The van der Waals surface area contributed by atoms with E-state index in [1.165, 1.54) is 0 Å². The quantitative estimate of drug-likeness (QED) is 0.841. The van der Waals surface area contributed by atoms with Gasteiger partial charge in [0.15, 0.2) is 5.60 Å². The number of fused-ring (bicyclic) bond motifs is 2. The third-order valence-corrected chi connectivity index (χ3v) is 6.10. The summed E-state index contributed by atoms with van der Waals surface area (Å²) in [4.78, 5) is 25.1. The van der Waals surface area contributed by atoms with E-state index in [1.54, 1.807) is 31.2 Å². The molecule has 5 nitrogen and oxygen atoms in total. The van der Waals surface area contributed by atoms with E-state index in [9.17, 15) is 14.7 Å². The predicted octanol–water partition coefficient (Wildman–Crippen LogP) is 2.80. The molecule has 1 saturated heterocycles. The Kier molecular flexibility index (Phi) is 3.34. The minimum Gasteiger partial charge on any atom is -0.448 e. The average molecular weight is 317 g/mol. The van der Waals surface area contributed by atoms with Gasteiger partial charge >= 0.3 is 5.97 Å². The van der Waals surface area contributed by atoms with Crippen LogP contribution < -0.4 is 5.32 Å². The molecule has 124 valence electrons. The molecule has 0 spiro atoms. The Bertz CT molecular complexity index is 664. The van der Waals surface area contributed by atoms with Crippen molar-refractivity contribution in [1.29, 1.82) is 0 Å². The van der Waals surface area contributed by atoms with Gasteiger partial charge in [-0.1, -0.05) is 26.0 Å². The minimum atomic E-state index is -1.11. The summed E-state index contributed by atoms with van der Waals surface area (Å²) in [6.07, 6.45) is 0.649. The molecule has 2 bridgehead atoms. The number of aliphatic hydroxyl groups is 1. The van der Waals surface area contributed by atoms with Gasteiger partial charge in [0.05, 0.1) is 11.5 Å². The number of hydrogen-bond acceptors (Lipinski definition) is 4. The average Bonchev–Trinajstić information content (AvgIpc) is 2.78. The summed E-state index contributed by atoms with van der Waals surface area (Å²) in [6, 6.07) is 7.02. The maximum absolute atomic E-state index is 12.9. The first-order valence-electron chi connectivity index (χ1n) is 7.97. The fourth-order valence-electron chi connectivity index (χ4n) is 3.82. The highest BCUT2D eigenvalue weighted by atomic mass is 16.6. The lowest BCUT2D eigenvalue weighted by Gasteiger charge is -2.35. The topological polar surface area (TPSA) is 75.6 Å². The highest BCUT2D eigenvalue weighted by Gasteiger charge is 2.75. The number of rotatable bonds is 3. The molecule has 3 rings (SSSR count). The van der Waals surface area contributed by atoms with E-state index in [2.05, 4.69) is 5.32 Å². The summed E-state index contributed by atoms with van der Waals surface area (Å²) in [6.45, 7) is 7.43. The van der Waals surface area contributed by atoms with Crippen LogP contribution in [0.3, 0.4) is 0 Å². The molecule has 1 aromatic carbocycles. The van der Waals surface area contributed by atoms with Crippen LogP contribution in [0.5, 0.6) is 0 Å². The molecule has 0 radical (unpaired) electrons. The number of ether oxygens (including phenoxy) is 1. The summed E-state index contributed by atoms with van der Waals surface area (Å²) >= 11 is 0. The van der Waals surface area contributed by atoms with Crippen molar-refractivity contribution in [2.75, 3.05) is 5.32 Å². The van der Waals surface area contributed by atoms with Gasteiger partial charge in [0.1, 0.15) is 0 Å². The summed E-state index contributed by atoms with van der Waals surface area (Å²) < 4.78 is 5.57. The molecule has 3 atom stereocenters. The van der Waals surface area contributed by atoms with Crippen LogP contribution in [0.4, 0.5) is 5.69 Å². The number of nitrogens with one attached hydrogen (secondary N) is 1. The number of amides is 1. The van der Waals surface area contributed by atoms with Crippen molar-refractivity contribution in [3.8, 4) is 0 Å². The maximum Gasteiger partial charge on any atom is 0.313 e. The van der Waals surface area contributed by atoms with Crippen LogP contribution in [-0.4, -0.2) is 22.6 Å². The number of carbonyl (C=O) groups is 2. The molecular weight excluding hydrogens is 294 g/mol. The highest BCUT2D eigenvalue weighted by molar-refractivity contribution is 6.03. The van der Waals surface area contributed by atoms with Crippen LogP contribution in [-0.2, 0) is 14.3 Å². The molecular formula is C18H23NO4. The van der Waals surface area contributed by atoms with Gasteiger partial charge < -0.3 is 15.2 Å². The van der Waals surface area contributed by atoms with E-state index in [1.807, 2.05) is 20.8 Å². The Morgan fingerprint density at radius 2 is 1.83 bits per heavy atom. The van der Waals surface area contributed by atoms with Crippen LogP contribution in [0.25, 0.3) is 0 Å². The fourth-order valence-corrected chi connectivity index (χ4v) is 3.82. The van der Waals surface area contributed by atoms with E-state index < -0.39 is 22.5 Å². The third-order valence-electron chi connectivity index (χ3n) is 6.10. The fraction of sp³-hybridized carbons (Fsp3) is 0.556. The summed E-state index contributed by atoms with van der Waals surface area (Å²) in [7, 11) is 0. The number of aliphatic hydroxyl groups excluding tert-OH is 1. The summed E-state index contributed by atoms with van der Waals surface area (Å²) in [5, 5.41) is 12.4. The summed E-state index contributed by atoms with van der Waals surface area (Å²) in [5.74, 6) is -0.560. The Morgan fingerprint density at radius 3 is 2.26 bits per heavy atom. The molecule has 1 aliphatic heterocycles. The van der Waals surface area contributed by atoms with Crippen molar-refractivity contribution in [3.05, 3.63) is 29.8 Å². The van der Waals surface area contributed by atoms with E-state index >= 15 is 0 Å². The zero-order valence-electron chi connectivity index (χ0n) is 14.0. The first-order valence-corrected chi connectivity index (χ1v) is 7.97. The second-order valence-electron chi connectivity index (χ2n) is 7.43. The molecule has 1 aliphatic carbocycles. The lowest BCUT2D eigenvalue weighted by Crippen LogP contribution is -2.50. The molecule has 2 aliphatic rings. The SMILES string of the molecule is CC(O)c1ccc(NC(=O)C23CCC(C)(C(=O)O2)C3(C)C)cc1. The Hall–Kier alpha value is -1.88. The van der Waals surface area contributed by atoms with E-state index in [0.717, 1.165) is 5.56 Å². The van der Waals surface area contributed by atoms with Gasteiger partial charge in [-0.15, -0.1) is 0 Å². The largest absolute Gasteiger partial charge is 0.448 e. The number of esters is 1. The van der Waals surface area contributed by atoms with Gasteiger partial charge in [-0.2, -0.15) is 0 Å². The van der Waals surface area contributed by atoms with Crippen molar-refractivity contribution in [2.45, 2.75) is 52.2 Å². The number of carbonyl (C=O) groups excluding carboxylic acids is 2. The van der Waals surface area contributed by atoms with E-state index in [4.69, 9.17) is 4.74 Å². The molecule has 1 amide bonds. The second kappa shape index (κ2) is 4.81. The lowest BCUT2D eigenvalue weighted by atomic mass is 9.66. The monoisotopic (exact) mass is 317 g/mol. The van der Waals surface area contributed by atoms with Gasteiger partial charge in [-0.3, -0.25) is 9.59 Å². The van der Waals surface area contributed by atoms with Gasteiger partial charge in [-0.05, 0) is 44.4 Å². The highest BCUT2D eigenvalue weighted by Crippen LogP contribution is 2.65. The van der Waals surface area contributed by atoms with Crippen LogP contribution in [0.2, 0.25) is 0 Å². The second-order valence-corrected chi connectivity index (χ2v) is 7.43. The molecule has 3 unspecified atom stereocenters. The zero-order valence-corrected chi connectivity index (χ0v) is 14.0. The van der Waals surface area contributed by atoms with Gasteiger partial charge in [0.25, 0.3) is 5.91 Å². The van der Waals surface area contributed by atoms with E-state index in [-0.39, 0.29) is 11.9 Å². The Labute approximate surface area is 136 Å². The predicted molar refractivity (Wildman–Crippen MR) is 85.7 cm³/mol. The number of anilines is 1. The third kappa shape index (κ3) is 1.96. The zero-order chi connectivity index (χ0) is 17.0. The first kappa shape index (κ1) is 16.0. The Balaban J connectivity index is 1.85. The molecule has 23 heavy (non-hydrogen) atoms. The van der Waals surface area contributed by atoms with Gasteiger partial charge in [0, 0.05) is 11.1 Å². The maximum atomic E-state index is 12.9. The molecule has 5 heteroatoms. The van der Waals surface area contributed by atoms with Crippen molar-refractivity contribution >= 4 is 17.6 Å². The van der Waals surface area contributed by atoms with Crippen LogP contribution in [0.15, 0.2) is 24.3 Å². The normalized spacial score (nSPS) is 32.5. The molecule has 2 N–H and O–H groups in total. The smallest absolute Gasteiger partial charge is 0.313 e. The molecule has 2 fully saturated rings. The Morgan fingerprint density at radius 1 is 1.22 bits per heavy atom. The van der Waals surface area contributed by atoms with Crippen LogP contribution >= 0.6 is 0 Å². The molecule has 1 aromatic rings. The standard InChI is InChI=1S/C18H23NO4/c1-11(20)12-5-7-13(8-6-12)19-14(21)18-10-9-17(4,15(22)23-18)16(18,2)3/h5-8,11,20H,9-10H2,1-4H3,(H,19,21). The molecule has 0 aromatic heterocycles. The van der Waals surface area contributed by atoms with E-state index in [0.29, 0.717) is 18.5 Å². The van der Waals surface area contributed by atoms with Crippen LogP contribution in [0, 0.1) is 10.8 Å². The molecule has 1 heterocycles. The number of hydrogen-bond donors (Lipinski definition) is 2. The molecule has 1 saturated carbocycles. The van der Waals surface area contributed by atoms with Crippen molar-refractivity contribution in [1.82, 2.24) is 0 Å². The van der Waals surface area contributed by atoms with Crippen molar-refractivity contribution in [3.63, 3.8) is 0 Å².